The lowest BCUT2D eigenvalue weighted by Gasteiger charge is -2.12. The van der Waals surface area contributed by atoms with Crippen LogP contribution in [0.3, 0.4) is 0 Å². The summed E-state index contributed by atoms with van der Waals surface area (Å²) in [5, 5.41) is 7.06. The van der Waals surface area contributed by atoms with Gasteiger partial charge in [-0.15, -0.1) is 0 Å². The number of nitrogens with zero attached hydrogens (tertiary/aromatic N) is 2. The van der Waals surface area contributed by atoms with Gasteiger partial charge in [0, 0.05) is 24.9 Å². The molecule has 0 atom stereocenters. The molecule has 1 aromatic heterocycles. The Morgan fingerprint density at radius 3 is 2.47 bits per heavy atom. The van der Waals surface area contributed by atoms with Crippen LogP contribution in [0.5, 0.6) is 0 Å². The maximum absolute atomic E-state index is 12.1. The second kappa shape index (κ2) is 10.0. The van der Waals surface area contributed by atoms with Gasteiger partial charge in [-0.2, -0.15) is 4.98 Å². The van der Waals surface area contributed by atoms with E-state index < -0.39 is 0 Å². The van der Waals surface area contributed by atoms with Crippen LogP contribution < -0.4 is 5.32 Å². The third-order valence-corrected chi connectivity index (χ3v) is 5.44. The minimum Gasteiger partial charge on any atom is -0.356 e. The Kier molecular flexibility index (Phi) is 6.70. The molecule has 5 nitrogen and oxygen atoms in total. The summed E-state index contributed by atoms with van der Waals surface area (Å²) in [7, 11) is 0. The third-order valence-electron chi connectivity index (χ3n) is 5.44. The number of hydrogen-bond donors (Lipinski definition) is 1. The number of aryl methyl sites for hydroxylation is 1. The molecule has 30 heavy (non-hydrogen) atoms. The summed E-state index contributed by atoms with van der Waals surface area (Å²) in [5.41, 5.74) is 4.68. The standard InChI is InChI=1S/C25H27N3O2/c29-23(26-18-17-19-7-3-1-4-8-19)15-16-24-27-25(28-30-24)22-13-11-21(12-14-22)20-9-5-2-6-10-20/h2,5-7,9-14H,1,3-4,8,15-18H2,(H,26,29). The first-order valence-electron chi connectivity index (χ1n) is 10.7. The lowest BCUT2D eigenvalue weighted by atomic mass is 9.97. The first-order valence-corrected chi connectivity index (χ1v) is 10.7. The Balaban J connectivity index is 1.25. The van der Waals surface area contributed by atoms with E-state index >= 15 is 0 Å². The van der Waals surface area contributed by atoms with Crippen LogP contribution in [0.1, 0.15) is 44.4 Å². The highest BCUT2D eigenvalue weighted by Crippen LogP contribution is 2.23. The van der Waals surface area contributed by atoms with Crippen molar-refractivity contribution in [1.82, 2.24) is 15.5 Å². The topological polar surface area (TPSA) is 68.0 Å². The van der Waals surface area contributed by atoms with E-state index in [0.29, 0.717) is 31.1 Å². The fraction of sp³-hybridized carbons (Fsp3) is 0.320. The zero-order valence-electron chi connectivity index (χ0n) is 17.1. The van der Waals surface area contributed by atoms with Crippen LogP contribution >= 0.6 is 0 Å². The van der Waals surface area contributed by atoms with Gasteiger partial charge in [-0.3, -0.25) is 4.79 Å². The van der Waals surface area contributed by atoms with Crippen molar-refractivity contribution in [2.45, 2.75) is 44.9 Å². The van der Waals surface area contributed by atoms with Gasteiger partial charge in [0.15, 0.2) is 0 Å². The van der Waals surface area contributed by atoms with Crippen molar-refractivity contribution >= 4 is 5.91 Å². The number of nitrogens with one attached hydrogen (secondary N) is 1. The molecule has 4 rings (SSSR count). The predicted molar refractivity (Wildman–Crippen MR) is 118 cm³/mol. The smallest absolute Gasteiger partial charge is 0.227 e. The molecule has 2 aromatic carbocycles. The molecule has 1 N–H and O–H groups in total. The van der Waals surface area contributed by atoms with Crippen LogP contribution in [0.4, 0.5) is 0 Å². The number of hydrogen-bond acceptors (Lipinski definition) is 4. The molecule has 0 bridgehead atoms. The molecule has 3 aromatic rings. The summed E-state index contributed by atoms with van der Waals surface area (Å²) in [5.74, 6) is 1.06. The van der Waals surface area contributed by atoms with Gasteiger partial charge in [-0.05, 0) is 43.2 Å². The normalized spacial score (nSPS) is 13.7. The van der Waals surface area contributed by atoms with Crippen molar-refractivity contribution in [3.05, 3.63) is 72.1 Å². The molecular weight excluding hydrogens is 374 g/mol. The lowest BCUT2D eigenvalue weighted by molar-refractivity contribution is -0.121. The molecule has 5 heteroatoms. The summed E-state index contributed by atoms with van der Waals surface area (Å²) in [4.78, 5) is 16.5. The Bertz CT molecular complexity index is 991. The number of carbonyl (C=O) groups is 1. The van der Waals surface area contributed by atoms with Crippen molar-refractivity contribution in [3.63, 3.8) is 0 Å². The SMILES string of the molecule is O=C(CCc1nc(-c2ccc(-c3ccccc3)cc2)no1)NCCC1=CCCCC1. The van der Waals surface area contributed by atoms with Gasteiger partial charge >= 0.3 is 0 Å². The molecule has 0 saturated heterocycles. The van der Waals surface area contributed by atoms with E-state index in [1.807, 2.05) is 30.3 Å². The molecule has 154 valence electrons. The van der Waals surface area contributed by atoms with Crippen molar-refractivity contribution in [2.24, 2.45) is 0 Å². The van der Waals surface area contributed by atoms with E-state index in [9.17, 15) is 4.79 Å². The first-order chi connectivity index (χ1) is 14.8. The van der Waals surface area contributed by atoms with Gasteiger partial charge < -0.3 is 9.84 Å². The van der Waals surface area contributed by atoms with Crippen molar-refractivity contribution < 1.29 is 9.32 Å². The highest BCUT2D eigenvalue weighted by atomic mass is 16.5. The Labute approximate surface area is 177 Å². The number of rotatable bonds is 8. The summed E-state index contributed by atoms with van der Waals surface area (Å²) in [6.07, 6.45) is 8.99. The van der Waals surface area contributed by atoms with E-state index in [1.165, 1.54) is 36.8 Å². The summed E-state index contributed by atoms with van der Waals surface area (Å²) in [6, 6.07) is 18.3. The van der Waals surface area contributed by atoms with Gasteiger partial charge in [0.25, 0.3) is 0 Å². The third kappa shape index (κ3) is 5.44. The molecule has 0 unspecified atom stereocenters. The monoisotopic (exact) mass is 401 g/mol. The molecule has 1 heterocycles. The van der Waals surface area contributed by atoms with E-state index in [2.05, 4.69) is 45.8 Å². The minimum absolute atomic E-state index is 0.0263. The Morgan fingerprint density at radius 2 is 1.70 bits per heavy atom. The summed E-state index contributed by atoms with van der Waals surface area (Å²) < 4.78 is 5.33. The van der Waals surface area contributed by atoms with Crippen LogP contribution in [0.15, 0.2) is 70.8 Å². The molecule has 0 fully saturated rings. The fourth-order valence-electron chi connectivity index (χ4n) is 3.72. The zero-order valence-corrected chi connectivity index (χ0v) is 17.1. The lowest BCUT2D eigenvalue weighted by Crippen LogP contribution is -2.25. The first kappa shape index (κ1) is 20.1. The molecule has 0 spiro atoms. The molecule has 0 radical (unpaired) electrons. The highest BCUT2D eigenvalue weighted by molar-refractivity contribution is 5.76. The van der Waals surface area contributed by atoms with Crippen LogP contribution in [0, 0.1) is 0 Å². The molecule has 1 aliphatic carbocycles. The van der Waals surface area contributed by atoms with Crippen molar-refractivity contribution in [2.75, 3.05) is 6.54 Å². The van der Waals surface area contributed by atoms with Gasteiger partial charge in [0.2, 0.25) is 17.6 Å². The van der Waals surface area contributed by atoms with Crippen LogP contribution in [0.2, 0.25) is 0 Å². The maximum Gasteiger partial charge on any atom is 0.227 e. The minimum atomic E-state index is 0.0263. The van der Waals surface area contributed by atoms with Gasteiger partial charge in [0.05, 0.1) is 0 Å². The van der Waals surface area contributed by atoms with Crippen molar-refractivity contribution in [1.29, 1.82) is 0 Å². The van der Waals surface area contributed by atoms with Gasteiger partial charge in [0.1, 0.15) is 0 Å². The second-order valence-electron chi connectivity index (χ2n) is 7.66. The van der Waals surface area contributed by atoms with E-state index in [-0.39, 0.29) is 5.91 Å². The molecular formula is C25H27N3O2. The summed E-state index contributed by atoms with van der Waals surface area (Å²) >= 11 is 0. The predicted octanol–water partition coefficient (Wildman–Crippen LogP) is 5.34. The Hall–Kier alpha value is -3.21. The van der Waals surface area contributed by atoms with Gasteiger partial charge in [-0.1, -0.05) is 71.4 Å². The maximum atomic E-state index is 12.1. The van der Waals surface area contributed by atoms with Crippen LogP contribution in [-0.4, -0.2) is 22.6 Å². The average Bonchev–Trinajstić information content (AvgIpc) is 3.28. The highest BCUT2D eigenvalue weighted by Gasteiger charge is 2.11. The van der Waals surface area contributed by atoms with Crippen LogP contribution in [-0.2, 0) is 11.2 Å². The van der Waals surface area contributed by atoms with Crippen molar-refractivity contribution in [3.8, 4) is 22.5 Å². The quantitative estimate of drug-likeness (QED) is 0.517. The van der Waals surface area contributed by atoms with E-state index in [0.717, 1.165) is 17.5 Å². The van der Waals surface area contributed by atoms with Crippen LogP contribution in [0.25, 0.3) is 22.5 Å². The Morgan fingerprint density at radius 1 is 0.933 bits per heavy atom. The zero-order chi connectivity index (χ0) is 20.6. The molecule has 1 amide bonds. The van der Waals surface area contributed by atoms with E-state index in [4.69, 9.17) is 4.52 Å². The molecule has 1 aliphatic rings. The largest absolute Gasteiger partial charge is 0.356 e. The van der Waals surface area contributed by atoms with E-state index in [1.54, 1.807) is 0 Å². The van der Waals surface area contributed by atoms with Gasteiger partial charge in [-0.25, -0.2) is 0 Å². The average molecular weight is 402 g/mol. The fourth-order valence-corrected chi connectivity index (χ4v) is 3.72. The number of aromatic nitrogens is 2. The summed E-state index contributed by atoms with van der Waals surface area (Å²) in [6.45, 7) is 0.702. The number of benzene rings is 2. The number of amides is 1. The number of allylic oxidation sites excluding steroid dienone is 1. The second-order valence-corrected chi connectivity index (χ2v) is 7.66. The molecule has 0 aliphatic heterocycles. The number of carbonyl (C=O) groups excluding carboxylic acids is 1. The molecule has 0 saturated carbocycles.